The van der Waals surface area contributed by atoms with E-state index in [0.717, 1.165) is 17.2 Å². The Morgan fingerprint density at radius 3 is 2.42 bits per heavy atom. The average Bonchev–Trinajstić information content (AvgIpc) is 2.39. The molecule has 0 saturated heterocycles. The maximum absolute atomic E-state index is 10.0. The summed E-state index contributed by atoms with van der Waals surface area (Å²) in [6.07, 6.45) is 0.690. The molecule has 1 atom stereocenters. The lowest BCUT2D eigenvalue weighted by atomic mass is 10.0. The molecule has 0 heterocycles. The highest BCUT2D eigenvalue weighted by Crippen LogP contribution is 2.30. The Morgan fingerprint density at radius 2 is 1.84 bits per heavy atom. The molecule has 0 aromatic heterocycles. The van der Waals surface area contributed by atoms with Crippen molar-refractivity contribution in [1.29, 1.82) is 0 Å². The number of aliphatic hydroxyl groups is 1. The third kappa shape index (κ3) is 4.99. The molecule has 1 aromatic rings. The second kappa shape index (κ2) is 7.24. The highest BCUT2D eigenvalue weighted by atomic mass is 16.5. The van der Waals surface area contributed by atoms with E-state index in [9.17, 15) is 5.11 Å². The number of benzene rings is 1. The minimum atomic E-state index is -0.731. The third-order valence-corrected chi connectivity index (χ3v) is 2.98. The summed E-state index contributed by atoms with van der Waals surface area (Å²) >= 11 is 0. The van der Waals surface area contributed by atoms with Crippen LogP contribution in [0.15, 0.2) is 18.2 Å². The molecule has 0 bridgehead atoms. The van der Waals surface area contributed by atoms with E-state index in [2.05, 4.69) is 5.32 Å². The van der Waals surface area contributed by atoms with Crippen molar-refractivity contribution in [3.05, 3.63) is 18.2 Å². The summed E-state index contributed by atoms with van der Waals surface area (Å²) in [5.74, 6) is 1.57. The van der Waals surface area contributed by atoms with Gasteiger partial charge in [-0.2, -0.15) is 0 Å². The number of hydrogen-bond donors (Lipinski definition) is 2. The van der Waals surface area contributed by atoms with E-state index < -0.39 is 5.60 Å². The SMILES string of the molecule is CCOc1ccc(OCC)c(NCC(C)(O)CC)c1. The van der Waals surface area contributed by atoms with Crippen LogP contribution < -0.4 is 14.8 Å². The Bertz CT molecular complexity index is 391. The molecule has 1 aromatic carbocycles. The van der Waals surface area contributed by atoms with Gasteiger partial charge in [0.25, 0.3) is 0 Å². The second-order valence-electron chi connectivity index (χ2n) is 4.73. The molecule has 0 aliphatic carbocycles. The van der Waals surface area contributed by atoms with E-state index in [1.807, 2.05) is 45.9 Å². The first kappa shape index (κ1) is 15.6. The van der Waals surface area contributed by atoms with Crippen LogP contribution in [0.5, 0.6) is 11.5 Å². The van der Waals surface area contributed by atoms with Gasteiger partial charge in [0.1, 0.15) is 11.5 Å². The largest absolute Gasteiger partial charge is 0.494 e. The summed E-state index contributed by atoms with van der Waals surface area (Å²) in [6.45, 7) is 9.37. The fourth-order valence-electron chi connectivity index (χ4n) is 1.60. The van der Waals surface area contributed by atoms with Gasteiger partial charge >= 0.3 is 0 Å². The lowest BCUT2D eigenvalue weighted by Crippen LogP contribution is -2.32. The smallest absolute Gasteiger partial charge is 0.142 e. The molecule has 0 amide bonds. The first-order valence-corrected chi connectivity index (χ1v) is 6.88. The predicted octanol–water partition coefficient (Wildman–Crippen LogP) is 3.06. The molecule has 0 saturated carbocycles. The Hall–Kier alpha value is -1.42. The predicted molar refractivity (Wildman–Crippen MR) is 78.2 cm³/mol. The Morgan fingerprint density at radius 1 is 1.16 bits per heavy atom. The van der Waals surface area contributed by atoms with Crippen LogP contribution in [0.3, 0.4) is 0 Å². The van der Waals surface area contributed by atoms with Crippen molar-refractivity contribution >= 4 is 5.69 Å². The molecule has 1 unspecified atom stereocenters. The summed E-state index contributed by atoms with van der Waals surface area (Å²) in [5.41, 5.74) is 0.118. The molecular formula is C15H25NO3. The van der Waals surface area contributed by atoms with Crippen LogP contribution >= 0.6 is 0 Å². The highest BCUT2D eigenvalue weighted by molar-refractivity contribution is 5.60. The van der Waals surface area contributed by atoms with Crippen molar-refractivity contribution in [1.82, 2.24) is 0 Å². The fraction of sp³-hybridized carbons (Fsp3) is 0.600. The molecule has 4 heteroatoms. The number of rotatable bonds is 8. The molecule has 0 spiro atoms. The van der Waals surface area contributed by atoms with Gasteiger partial charge in [0.15, 0.2) is 0 Å². The zero-order valence-electron chi connectivity index (χ0n) is 12.3. The Labute approximate surface area is 115 Å². The van der Waals surface area contributed by atoms with Crippen LogP contribution in [0.4, 0.5) is 5.69 Å². The molecule has 1 rings (SSSR count). The molecular weight excluding hydrogens is 242 g/mol. The van der Waals surface area contributed by atoms with Crippen LogP contribution in [0.1, 0.15) is 34.1 Å². The number of anilines is 1. The van der Waals surface area contributed by atoms with Crippen molar-refractivity contribution in [3.63, 3.8) is 0 Å². The van der Waals surface area contributed by atoms with Gasteiger partial charge in [0.05, 0.1) is 24.5 Å². The Balaban J connectivity index is 2.84. The van der Waals surface area contributed by atoms with Gasteiger partial charge < -0.3 is 19.9 Å². The summed E-state index contributed by atoms with van der Waals surface area (Å²) in [5, 5.41) is 13.3. The van der Waals surface area contributed by atoms with Crippen LogP contribution in [0, 0.1) is 0 Å². The van der Waals surface area contributed by atoms with Gasteiger partial charge in [0, 0.05) is 12.6 Å². The normalized spacial score (nSPS) is 13.7. The molecule has 0 aliphatic heterocycles. The summed E-state index contributed by atoms with van der Waals surface area (Å²) in [7, 11) is 0. The van der Waals surface area contributed by atoms with Crippen LogP contribution in [0.2, 0.25) is 0 Å². The molecule has 2 N–H and O–H groups in total. The number of hydrogen-bond acceptors (Lipinski definition) is 4. The van der Waals surface area contributed by atoms with Crippen molar-refractivity contribution in [3.8, 4) is 11.5 Å². The average molecular weight is 267 g/mol. The summed E-state index contributed by atoms with van der Waals surface area (Å²) in [4.78, 5) is 0. The van der Waals surface area contributed by atoms with E-state index in [-0.39, 0.29) is 0 Å². The first-order chi connectivity index (χ1) is 9.02. The van der Waals surface area contributed by atoms with E-state index in [1.165, 1.54) is 0 Å². The molecule has 0 fully saturated rings. The van der Waals surface area contributed by atoms with Crippen molar-refractivity contribution in [2.24, 2.45) is 0 Å². The molecule has 0 radical (unpaired) electrons. The van der Waals surface area contributed by atoms with E-state index in [1.54, 1.807) is 0 Å². The maximum atomic E-state index is 10.0. The summed E-state index contributed by atoms with van der Waals surface area (Å²) in [6, 6.07) is 5.68. The van der Waals surface area contributed by atoms with Crippen LogP contribution in [-0.2, 0) is 0 Å². The van der Waals surface area contributed by atoms with Crippen LogP contribution in [0.25, 0.3) is 0 Å². The fourth-order valence-corrected chi connectivity index (χ4v) is 1.60. The summed E-state index contributed by atoms with van der Waals surface area (Å²) < 4.78 is 11.0. The topological polar surface area (TPSA) is 50.7 Å². The maximum Gasteiger partial charge on any atom is 0.142 e. The Kier molecular flexibility index (Phi) is 5.96. The monoisotopic (exact) mass is 267 g/mol. The lowest BCUT2D eigenvalue weighted by molar-refractivity contribution is 0.0697. The second-order valence-corrected chi connectivity index (χ2v) is 4.73. The van der Waals surface area contributed by atoms with Gasteiger partial charge in [0.2, 0.25) is 0 Å². The number of ether oxygens (including phenoxy) is 2. The highest BCUT2D eigenvalue weighted by Gasteiger charge is 2.18. The first-order valence-electron chi connectivity index (χ1n) is 6.88. The molecule has 108 valence electrons. The van der Waals surface area contributed by atoms with Gasteiger partial charge in [-0.05, 0) is 39.3 Å². The molecule has 19 heavy (non-hydrogen) atoms. The zero-order chi connectivity index (χ0) is 14.3. The van der Waals surface area contributed by atoms with E-state index in [4.69, 9.17) is 9.47 Å². The molecule has 4 nitrogen and oxygen atoms in total. The zero-order valence-corrected chi connectivity index (χ0v) is 12.3. The van der Waals surface area contributed by atoms with E-state index in [0.29, 0.717) is 26.2 Å². The van der Waals surface area contributed by atoms with Crippen molar-refractivity contribution in [2.75, 3.05) is 25.1 Å². The molecule has 0 aliphatic rings. The van der Waals surface area contributed by atoms with Crippen molar-refractivity contribution in [2.45, 2.75) is 39.7 Å². The van der Waals surface area contributed by atoms with Crippen LogP contribution in [-0.4, -0.2) is 30.5 Å². The standard InChI is InChI=1S/C15H25NO3/c1-5-15(4,17)11-16-13-10-12(18-6-2)8-9-14(13)19-7-3/h8-10,16-17H,5-7,11H2,1-4H3. The minimum Gasteiger partial charge on any atom is -0.494 e. The van der Waals surface area contributed by atoms with E-state index >= 15 is 0 Å². The minimum absolute atomic E-state index is 0.471. The van der Waals surface area contributed by atoms with Gasteiger partial charge in [-0.15, -0.1) is 0 Å². The third-order valence-electron chi connectivity index (χ3n) is 2.98. The quantitative estimate of drug-likeness (QED) is 0.760. The van der Waals surface area contributed by atoms with Crippen molar-refractivity contribution < 1.29 is 14.6 Å². The lowest BCUT2D eigenvalue weighted by Gasteiger charge is -2.23. The van der Waals surface area contributed by atoms with Gasteiger partial charge in [-0.1, -0.05) is 6.92 Å². The van der Waals surface area contributed by atoms with Gasteiger partial charge in [-0.3, -0.25) is 0 Å². The number of nitrogens with one attached hydrogen (secondary N) is 1. The van der Waals surface area contributed by atoms with Gasteiger partial charge in [-0.25, -0.2) is 0 Å².